The monoisotopic (exact) mass is 445 g/mol. The lowest BCUT2D eigenvalue weighted by molar-refractivity contribution is -0.0924. The molecule has 0 unspecified atom stereocenters. The average Bonchev–Trinajstić information content (AvgIpc) is 3.23. The largest absolute Gasteiger partial charge is 0.496 e. The summed E-state index contributed by atoms with van der Waals surface area (Å²) < 4.78 is 12.9. The minimum Gasteiger partial charge on any atom is -0.496 e. The molecule has 1 aromatic carbocycles. The summed E-state index contributed by atoms with van der Waals surface area (Å²) in [5.74, 6) is 3.03. The summed E-state index contributed by atoms with van der Waals surface area (Å²) in [4.78, 5) is 14.1. The maximum atomic E-state index is 5.67. The number of anilines is 1. The van der Waals surface area contributed by atoms with Crippen LogP contribution >= 0.6 is 0 Å². The molecule has 5 rings (SSSR count). The van der Waals surface area contributed by atoms with Gasteiger partial charge in [0.1, 0.15) is 23.4 Å². The topological polar surface area (TPSA) is 99.9 Å². The Balaban J connectivity index is 1.45. The summed E-state index contributed by atoms with van der Waals surface area (Å²) in [5, 5.41) is 12.6. The minimum absolute atomic E-state index is 0.132. The maximum Gasteiger partial charge on any atom is 0.163 e. The molecule has 0 spiro atoms. The molecule has 170 valence electrons. The molecule has 0 saturated carbocycles. The van der Waals surface area contributed by atoms with Crippen molar-refractivity contribution in [3.05, 3.63) is 53.9 Å². The SMILES string of the molecule is COc1cc(-c2nncn2C)ccc1Cc1ncc2c(C)cnc(NCC3(C)COC3)c2n1. The van der Waals surface area contributed by atoms with Gasteiger partial charge in [-0.3, -0.25) is 0 Å². The van der Waals surface area contributed by atoms with E-state index in [-0.39, 0.29) is 5.41 Å². The van der Waals surface area contributed by atoms with Crippen LogP contribution in [0.5, 0.6) is 5.75 Å². The minimum atomic E-state index is 0.132. The Morgan fingerprint density at radius 1 is 1.21 bits per heavy atom. The first kappa shape index (κ1) is 21.3. The van der Waals surface area contributed by atoms with E-state index in [0.717, 1.165) is 64.7 Å². The third-order valence-corrected chi connectivity index (χ3v) is 6.06. The van der Waals surface area contributed by atoms with Crippen molar-refractivity contribution in [2.45, 2.75) is 20.3 Å². The highest BCUT2D eigenvalue weighted by Gasteiger charge is 2.33. The molecule has 0 aliphatic carbocycles. The molecule has 0 radical (unpaired) electrons. The number of hydrogen-bond acceptors (Lipinski definition) is 8. The Kier molecular flexibility index (Phi) is 5.41. The average molecular weight is 446 g/mol. The molecule has 1 N–H and O–H groups in total. The van der Waals surface area contributed by atoms with E-state index in [1.807, 2.05) is 49.1 Å². The van der Waals surface area contributed by atoms with Gasteiger partial charge in [0.05, 0.1) is 20.3 Å². The number of aryl methyl sites for hydroxylation is 2. The van der Waals surface area contributed by atoms with Crippen molar-refractivity contribution in [2.24, 2.45) is 12.5 Å². The van der Waals surface area contributed by atoms with Gasteiger partial charge in [-0.25, -0.2) is 15.0 Å². The summed E-state index contributed by atoms with van der Waals surface area (Å²) in [7, 11) is 3.58. The van der Waals surface area contributed by atoms with Crippen molar-refractivity contribution in [3.63, 3.8) is 0 Å². The Labute approximate surface area is 192 Å². The smallest absolute Gasteiger partial charge is 0.163 e. The van der Waals surface area contributed by atoms with Gasteiger partial charge in [0.15, 0.2) is 11.6 Å². The van der Waals surface area contributed by atoms with E-state index < -0.39 is 0 Å². The van der Waals surface area contributed by atoms with Crippen LogP contribution in [0.1, 0.15) is 23.9 Å². The van der Waals surface area contributed by atoms with E-state index in [1.165, 1.54) is 0 Å². The van der Waals surface area contributed by atoms with Gasteiger partial charge in [-0.05, 0) is 18.6 Å². The van der Waals surface area contributed by atoms with Gasteiger partial charge in [-0.2, -0.15) is 0 Å². The molecule has 1 fully saturated rings. The van der Waals surface area contributed by atoms with E-state index in [4.69, 9.17) is 14.5 Å². The van der Waals surface area contributed by atoms with Crippen LogP contribution in [0.3, 0.4) is 0 Å². The molecular formula is C24H27N7O2. The number of aromatic nitrogens is 6. The van der Waals surface area contributed by atoms with Crippen LogP contribution in [0.25, 0.3) is 22.3 Å². The van der Waals surface area contributed by atoms with Gasteiger partial charge in [0.2, 0.25) is 0 Å². The lowest BCUT2D eigenvalue weighted by Gasteiger charge is -2.38. The van der Waals surface area contributed by atoms with Crippen LogP contribution in [0.4, 0.5) is 5.82 Å². The van der Waals surface area contributed by atoms with Crippen molar-refractivity contribution in [2.75, 3.05) is 32.2 Å². The van der Waals surface area contributed by atoms with Crippen LogP contribution < -0.4 is 10.1 Å². The Bertz CT molecular complexity index is 1310. The zero-order chi connectivity index (χ0) is 23.0. The molecule has 9 nitrogen and oxygen atoms in total. The summed E-state index contributed by atoms with van der Waals surface area (Å²) in [6.45, 7) is 6.53. The highest BCUT2D eigenvalue weighted by atomic mass is 16.5. The lowest BCUT2D eigenvalue weighted by atomic mass is 9.89. The molecule has 0 amide bonds. The molecule has 33 heavy (non-hydrogen) atoms. The first-order valence-corrected chi connectivity index (χ1v) is 10.9. The molecule has 0 atom stereocenters. The van der Waals surface area contributed by atoms with Gasteiger partial charge in [0, 0.05) is 54.3 Å². The Morgan fingerprint density at radius 3 is 2.76 bits per heavy atom. The number of nitrogens with one attached hydrogen (secondary N) is 1. The summed E-state index contributed by atoms with van der Waals surface area (Å²) in [6, 6.07) is 6.02. The highest BCUT2D eigenvalue weighted by molar-refractivity contribution is 5.89. The Morgan fingerprint density at radius 2 is 2.06 bits per heavy atom. The fraction of sp³-hybridized carbons (Fsp3) is 0.375. The number of benzene rings is 1. The van der Waals surface area contributed by atoms with Crippen molar-refractivity contribution >= 4 is 16.7 Å². The van der Waals surface area contributed by atoms with E-state index in [1.54, 1.807) is 13.4 Å². The number of rotatable bonds is 7. The number of pyridine rings is 1. The molecule has 1 saturated heterocycles. The van der Waals surface area contributed by atoms with Crippen LogP contribution in [0.2, 0.25) is 0 Å². The van der Waals surface area contributed by atoms with Crippen LogP contribution in [0.15, 0.2) is 36.9 Å². The van der Waals surface area contributed by atoms with E-state index in [0.29, 0.717) is 12.2 Å². The van der Waals surface area contributed by atoms with Gasteiger partial charge < -0.3 is 19.4 Å². The second-order valence-electron chi connectivity index (χ2n) is 8.96. The predicted octanol–water partition coefficient (Wildman–Crippen LogP) is 3.18. The van der Waals surface area contributed by atoms with Crippen molar-refractivity contribution in [1.82, 2.24) is 29.7 Å². The quantitative estimate of drug-likeness (QED) is 0.463. The number of hydrogen-bond donors (Lipinski definition) is 1. The fourth-order valence-corrected chi connectivity index (χ4v) is 3.99. The third-order valence-electron chi connectivity index (χ3n) is 6.06. The van der Waals surface area contributed by atoms with Crippen molar-refractivity contribution in [1.29, 1.82) is 0 Å². The second-order valence-corrected chi connectivity index (χ2v) is 8.96. The molecule has 1 aliphatic rings. The molecular weight excluding hydrogens is 418 g/mol. The van der Waals surface area contributed by atoms with Gasteiger partial charge in [0.25, 0.3) is 0 Å². The predicted molar refractivity (Wildman–Crippen MR) is 125 cm³/mol. The third kappa shape index (κ3) is 4.11. The van der Waals surface area contributed by atoms with Crippen LogP contribution in [-0.2, 0) is 18.2 Å². The van der Waals surface area contributed by atoms with Crippen LogP contribution in [0, 0.1) is 12.3 Å². The number of ether oxygens (including phenoxy) is 2. The highest BCUT2D eigenvalue weighted by Crippen LogP contribution is 2.30. The Hall–Kier alpha value is -3.59. The van der Waals surface area contributed by atoms with Gasteiger partial charge in [-0.15, -0.1) is 10.2 Å². The zero-order valence-electron chi connectivity index (χ0n) is 19.3. The zero-order valence-corrected chi connectivity index (χ0v) is 19.3. The summed E-state index contributed by atoms with van der Waals surface area (Å²) >= 11 is 0. The molecule has 1 aliphatic heterocycles. The lowest BCUT2D eigenvalue weighted by Crippen LogP contribution is -2.45. The molecule has 9 heteroatoms. The normalized spacial score (nSPS) is 14.8. The van der Waals surface area contributed by atoms with Gasteiger partial charge >= 0.3 is 0 Å². The molecule has 0 bridgehead atoms. The molecule has 4 aromatic rings. The number of nitrogens with zero attached hydrogens (tertiary/aromatic N) is 6. The van der Waals surface area contributed by atoms with Crippen LogP contribution in [-0.4, -0.2) is 56.6 Å². The molecule has 3 aromatic heterocycles. The van der Waals surface area contributed by atoms with Crippen molar-refractivity contribution in [3.8, 4) is 17.1 Å². The fourth-order valence-electron chi connectivity index (χ4n) is 3.99. The standard InChI is InChI=1S/C24H27N7O2/c1-15-9-26-22(27-11-24(2)12-33-13-24)21-18(15)10-25-20(29-21)8-16-5-6-17(7-19(16)32-4)23-30-28-14-31(23)3/h5-7,9-10,14H,8,11-13H2,1-4H3,(H,26,27). The van der Waals surface area contributed by atoms with E-state index in [2.05, 4.69) is 32.4 Å². The van der Waals surface area contributed by atoms with Crippen molar-refractivity contribution < 1.29 is 9.47 Å². The number of methoxy groups -OCH3 is 1. The number of fused-ring (bicyclic) bond motifs is 1. The molecule has 4 heterocycles. The maximum absolute atomic E-state index is 5.67. The summed E-state index contributed by atoms with van der Waals surface area (Å²) in [6.07, 6.45) is 5.96. The second kappa shape index (κ2) is 8.40. The van der Waals surface area contributed by atoms with E-state index >= 15 is 0 Å². The van der Waals surface area contributed by atoms with E-state index in [9.17, 15) is 0 Å². The van der Waals surface area contributed by atoms with Gasteiger partial charge in [-0.1, -0.05) is 19.1 Å². The first-order valence-electron chi connectivity index (χ1n) is 10.9. The summed E-state index contributed by atoms with van der Waals surface area (Å²) in [5.41, 5.74) is 3.95. The first-order chi connectivity index (χ1) is 16.0.